The molecule has 2 saturated carbocycles. The topological polar surface area (TPSA) is 75.6 Å². The summed E-state index contributed by atoms with van der Waals surface area (Å²) in [6.45, 7) is 4.36. The predicted molar refractivity (Wildman–Crippen MR) is 99.7 cm³/mol. The Hall–Kier alpha value is -1.95. The van der Waals surface area contributed by atoms with Gasteiger partial charge in [-0.15, -0.1) is 0 Å². The van der Waals surface area contributed by atoms with Gasteiger partial charge >= 0.3 is 0 Å². The van der Waals surface area contributed by atoms with E-state index in [1.54, 1.807) is 6.07 Å². The Balaban J connectivity index is 1.63. The fraction of sp³-hybridized carbons (Fsp3) is 0.556. The van der Waals surface area contributed by atoms with Crippen LogP contribution in [0.3, 0.4) is 0 Å². The number of rotatable bonds is 7. The summed E-state index contributed by atoms with van der Waals surface area (Å²) in [5.74, 6) is 3.15. The van der Waals surface area contributed by atoms with E-state index in [0.717, 1.165) is 0 Å². The zero-order valence-electron chi connectivity index (χ0n) is 14.5. The van der Waals surface area contributed by atoms with Crippen LogP contribution in [0.15, 0.2) is 18.2 Å². The number of nitrogens with zero attached hydrogens (tertiary/aromatic N) is 4. The monoisotopic (exact) mass is 358 g/mol. The molecule has 0 amide bonds. The minimum absolute atomic E-state index is 0.358. The highest BCUT2D eigenvalue weighted by Gasteiger charge is 2.30. The molecule has 2 aliphatic carbocycles. The number of nitrogens with one attached hydrogen (secondary N) is 2. The third-order valence-corrected chi connectivity index (χ3v) is 5.16. The number of anilines is 2. The first-order valence-electron chi connectivity index (χ1n) is 9.00. The Bertz CT molecular complexity index is 721. The van der Waals surface area contributed by atoms with E-state index < -0.39 is 0 Å². The zero-order valence-corrected chi connectivity index (χ0v) is 15.3. The molecule has 25 heavy (non-hydrogen) atoms. The van der Waals surface area contributed by atoms with Crippen molar-refractivity contribution in [1.29, 1.82) is 0 Å². The van der Waals surface area contributed by atoms with Crippen LogP contribution < -0.4 is 10.6 Å². The Labute approximate surface area is 152 Å². The summed E-state index contributed by atoms with van der Waals surface area (Å²) in [5.41, 5.74) is 0.652. The molecule has 0 saturated heterocycles. The second-order valence-corrected chi connectivity index (χ2v) is 7.58. The van der Waals surface area contributed by atoms with Gasteiger partial charge in [0.05, 0.1) is 0 Å². The Morgan fingerprint density at radius 2 is 1.44 bits per heavy atom. The molecule has 7 heteroatoms. The van der Waals surface area contributed by atoms with Crippen molar-refractivity contribution in [2.24, 2.45) is 11.8 Å². The Morgan fingerprint density at radius 3 is 1.92 bits per heavy atom. The van der Waals surface area contributed by atoms with Gasteiger partial charge < -0.3 is 10.6 Å². The average molecular weight is 359 g/mol. The van der Waals surface area contributed by atoms with Crippen LogP contribution in [-0.2, 0) is 0 Å². The van der Waals surface area contributed by atoms with E-state index in [9.17, 15) is 0 Å². The molecule has 2 fully saturated rings. The summed E-state index contributed by atoms with van der Waals surface area (Å²) in [7, 11) is 0. The second-order valence-electron chi connectivity index (χ2n) is 7.19. The minimum Gasteiger partial charge on any atom is -0.351 e. The molecule has 2 aromatic heterocycles. The van der Waals surface area contributed by atoms with Crippen molar-refractivity contribution in [3.63, 3.8) is 0 Å². The fourth-order valence-corrected chi connectivity index (χ4v) is 3.15. The summed E-state index contributed by atoms with van der Waals surface area (Å²) in [4.78, 5) is 18.0. The summed E-state index contributed by atoms with van der Waals surface area (Å²) >= 11 is 6.03. The van der Waals surface area contributed by atoms with Crippen molar-refractivity contribution in [1.82, 2.24) is 19.9 Å². The van der Waals surface area contributed by atoms with Gasteiger partial charge in [-0.3, -0.25) is 0 Å². The number of pyridine rings is 1. The van der Waals surface area contributed by atoms with E-state index >= 15 is 0 Å². The van der Waals surface area contributed by atoms with Crippen LogP contribution in [0, 0.1) is 11.8 Å². The number of hydrogen-bond donors (Lipinski definition) is 2. The van der Waals surface area contributed by atoms with Gasteiger partial charge in [-0.25, -0.2) is 4.98 Å². The van der Waals surface area contributed by atoms with Crippen molar-refractivity contribution in [2.75, 3.05) is 10.6 Å². The largest absolute Gasteiger partial charge is 0.351 e. The number of hydrogen-bond acceptors (Lipinski definition) is 6. The van der Waals surface area contributed by atoms with E-state index in [-0.39, 0.29) is 0 Å². The lowest BCUT2D eigenvalue weighted by Gasteiger charge is -2.16. The first-order chi connectivity index (χ1) is 12.1. The van der Waals surface area contributed by atoms with Crippen molar-refractivity contribution in [3.05, 3.63) is 23.4 Å². The highest BCUT2D eigenvalue weighted by Crippen LogP contribution is 2.35. The van der Waals surface area contributed by atoms with Crippen LogP contribution in [0.2, 0.25) is 5.15 Å². The average Bonchev–Trinajstić information content (AvgIpc) is 3.48. The van der Waals surface area contributed by atoms with Gasteiger partial charge in [-0.2, -0.15) is 15.0 Å². The van der Waals surface area contributed by atoms with Crippen molar-refractivity contribution in [3.8, 4) is 11.5 Å². The summed E-state index contributed by atoms with van der Waals surface area (Å²) in [5, 5.41) is 7.28. The van der Waals surface area contributed by atoms with Crippen molar-refractivity contribution >= 4 is 23.5 Å². The van der Waals surface area contributed by atoms with Crippen LogP contribution in [-0.4, -0.2) is 32.0 Å². The van der Waals surface area contributed by atoms with E-state index in [2.05, 4.69) is 44.4 Å². The molecule has 6 nitrogen and oxygen atoms in total. The minimum atomic E-state index is 0.358. The molecule has 0 unspecified atom stereocenters. The summed E-state index contributed by atoms with van der Waals surface area (Å²) in [6.07, 6.45) is 5.08. The first kappa shape index (κ1) is 16.5. The van der Waals surface area contributed by atoms with Gasteiger partial charge in [0, 0.05) is 12.1 Å². The maximum Gasteiger partial charge on any atom is 0.228 e. The highest BCUT2D eigenvalue weighted by atomic mass is 35.5. The number of halogens is 1. The lowest BCUT2D eigenvalue weighted by atomic mass is 10.2. The van der Waals surface area contributed by atoms with E-state index in [0.29, 0.717) is 52.5 Å². The molecule has 0 aliphatic heterocycles. The molecular weight excluding hydrogens is 336 g/mol. The van der Waals surface area contributed by atoms with E-state index in [4.69, 9.17) is 11.6 Å². The Morgan fingerprint density at radius 1 is 0.880 bits per heavy atom. The third kappa shape index (κ3) is 4.18. The standard InChI is InChI=1S/C18H23ClN6/c1-10(12-6-7-12)20-17-23-16(14-4-3-5-15(19)22-14)24-18(25-17)21-11(2)13-8-9-13/h3-5,10-13H,6-9H2,1-2H3,(H2,20,21,23,24,25)/t10-,11-/m1/s1. The molecule has 0 aromatic carbocycles. The highest BCUT2D eigenvalue weighted by molar-refractivity contribution is 6.29. The van der Waals surface area contributed by atoms with Crippen LogP contribution in [0.4, 0.5) is 11.9 Å². The van der Waals surface area contributed by atoms with Crippen molar-refractivity contribution in [2.45, 2.75) is 51.6 Å². The third-order valence-electron chi connectivity index (χ3n) is 4.95. The van der Waals surface area contributed by atoms with Crippen LogP contribution in [0.5, 0.6) is 0 Å². The summed E-state index contributed by atoms with van der Waals surface area (Å²) in [6, 6.07) is 6.18. The van der Waals surface area contributed by atoms with Gasteiger partial charge in [0.1, 0.15) is 10.8 Å². The van der Waals surface area contributed by atoms with Gasteiger partial charge in [0.25, 0.3) is 0 Å². The lowest BCUT2D eigenvalue weighted by Crippen LogP contribution is -2.23. The molecule has 2 aromatic rings. The first-order valence-corrected chi connectivity index (χ1v) is 9.38. The molecule has 2 heterocycles. The van der Waals surface area contributed by atoms with E-state index in [1.807, 2.05) is 12.1 Å². The zero-order chi connectivity index (χ0) is 17.4. The molecule has 2 aliphatic rings. The van der Waals surface area contributed by atoms with Crippen LogP contribution >= 0.6 is 11.6 Å². The molecule has 2 N–H and O–H groups in total. The maximum absolute atomic E-state index is 6.03. The SMILES string of the molecule is C[C@@H](Nc1nc(N[C@H](C)C2CC2)nc(-c2cccc(Cl)n2)n1)C1CC1. The molecule has 4 rings (SSSR count). The van der Waals surface area contributed by atoms with E-state index in [1.165, 1.54) is 25.7 Å². The second kappa shape index (κ2) is 6.75. The van der Waals surface area contributed by atoms with Crippen LogP contribution in [0.25, 0.3) is 11.5 Å². The quantitative estimate of drug-likeness (QED) is 0.728. The van der Waals surface area contributed by atoms with Gasteiger partial charge in [-0.05, 0) is 63.5 Å². The summed E-state index contributed by atoms with van der Waals surface area (Å²) < 4.78 is 0. The fourth-order valence-electron chi connectivity index (χ4n) is 2.99. The molecular formula is C18H23ClN6. The molecule has 132 valence electrons. The molecule has 2 atom stereocenters. The predicted octanol–water partition coefficient (Wildman–Crippen LogP) is 4.01. The molecule has 0 radical (unpaired) electrons. The van der Waals surface area contributed by atoms with Gasteiger partial charge in [-0.1, -0.05) is 17.7 Å². The molecule has 0 bridgehead atoms. The van der Waals surface area contributed by atoms with Gasteiger partial charge in [0.15, 0.2) is 5.82 Å². The number of aromatic nitrogens is 4. The van der Waals surface area contributed by atoms with Gasteiger partial charge in [0.2, 0.25) is 11.9 Å². The Kier molecular flexibility index (Phi) is 4.46. The maximum atomic E-state index is 6.03. The smallest absolute Gasteiger partial charge is 0.228 e. The van der Waals surface area contributed by atoms with Crippen LogP contribution in [0.1, 0.15) is 39.5 Å². The molecule has 0 spiro atoms. The normalized spacial score (nSPS) is 19.3. The van der Waals surface area contributed by atoms with Crippen molar-refractivity contribution < 1.29 is 0 Å². The lowest BCUT2D eigenvalue weighted by molar-refractivity contribution is 0.676.